The molecule has 0 aliphatic carbocycles. The molecule has 0 aromatic carbocycles. The second kappa shape index (κ2) is 4.83. The van der Waals surface area contributed by atoms with Gasteiger partial charge in [-0.3, -0.25) is 0 Å². The number of aromatic nitrogens is 3. The summed E-state index contributed by atoms with van der Waals surface area (Å²) in [5, 5.41) is 0.948. The molecule has 5 nitrogen and oxygen atoms in total. The predicted molar refractivity (Wildman–Crippen MR) is 67.4 cm³/mol. The van der Waals surface area contributed by atoms with Gasteiger partial charge in [-0.05, 0) is 18.7 Å². The van der Waals surface area contributed by atoms with Crippen LogP contribution in [-0.2, 0) is 11.8 Å². The first-order chi connectivity index (χ1) is 8.17. The van der Waals surface area contributed by atoms with E-state index in [0.29, 0.717) is 12.3 Å². The lowest BCUT2D eigenvalue weighted by molar-refractivity contribution is 0.0520. The average Bonchev–Trinajstić information content (AvgIpc) is 2.82. The molecule has 92 valence electrons. The van der Waals surface area contributed by atoms with Gasteiger partial charge >= 0.3 is 5.97 Å². The van der Waals surface area contributed by atoms with E-state index in [-0.39, 0.29) is 5.97 Å². The molecule has 2 aromatic heterocycles. The van der Waals surface area contributed by atoms with Crippen molar-refractivity contribution in [2.75, 3.05) is 12.4 Å². The molecule has 0 amide bonds. The number of nitrogens with one attached hydrogen (secondary N) is 1. The Balaban J connectivity index is 2.36. The third-order valence-corrected chi connectivity index (χ3v) is 3.31. The number of nitrogens with zero attached hydrogens (tertiary/aromatic N) is 2. The maximum absolute atomic E-state index is 11.5. The van der Waals surface area contributed by atoms with Gasteiger partial charge < -0.3 is 14.3 Å². The van der Waals surface area contributed by atoms with Gasteiger partial charge in [-0.15, -0.1) is 0 Å². The Hall–Kier alpha value is -1.43. The third-order valence-electron chi connectivity index (χ3n) is 2.40. The highest BCUT2D eigenvalue weighted by Crippen LogP contribution is 2.23. The molecule has 2 rings (SSSR count). The molecule has 0 radical (unpaired) electrons. The summed E-state index contributed by atoms with van der Waals surface area (Å²) in [6, 6.07) is 1.78. The molecule has 2 heterocycles. The zero-order chi connectivity index (χ0) is 12.4. The SMILES string of the molecule is CCOC(=O)c1cc2c(nc(SCC)n2C)[nH]1. The van der Waals surface area contributed by atoms with Gasteiger partial charge in [-0.1, -0.05) is 18.7 Å². The summed E-state index contributed by atoms with van der Waals surface area (Å²) in [4.78, 5) is 18.9. The zero-order valence-corrected chi connectivity index (χ0v) is 10.9. The van der Waals surface area contributed by atoms with Crippen LogP contribution in [0.2, 0.25) is 0 Å². The number of ether oxygens (including phenoxy) is 1. The van der Waals surface area contributed by atoms with Gasteiger partial charge in [0.2, 0.25) is 0 Å². The number of fused-ring (bicyclic) bond motifs is 1. The number of rotatable bonds is 4. The largest absolute Gasteiger partial charge is 0.461 e. The van der Waals surface area contributed by atoms with Crippen LogP contribution in [-0.4, -0.2) is 32.9 Å². The van der Waals surface area contributed by atoms with Crippen molar-refractivity contribution in [3.63, 3.8) is 0 Å². The van der Waals surface area contributed by atoms with E-state index in [0.717, 1.165) is 22.1 Å². The van der Waals surface area contributed by atoms with Crippen molar-refractivity contribution >= 4 is 28.9 Å². The normalized spacial score (nSPS) is 11.0. The van der Waals surface area contributed by atoms with E-state index >= 15 is 0 Å². The predicted octanol–water partition coefficient (Wildman–Crippen LogP) is 2.19. The van der Waals surface area contributed by atoms with Crippen molar-refractivity contribution in [2.45, 2.75) is 19.0 Å². The molecule has 0 saturated heterocycles. The van der Waals surface area contributed by atoms with Gasteiger partial charge in [0, 0.05) is 7.05 Å². The minimum Gasteiger partial charge on any atom is -0.461 e. The molecule has 0 atom stereocenters. The summed E-state index contributed by atoms with van der Waals surface area (Å²) < 4.78 is 6.91. The number of H-pyrrole nitrogens is 1. The first kappa shape index (κ1) is 12.0. The number of hydrogen-bond acceptors (Lipinski definition) is 4. The fraction of sp³-hybridized carbons (Fsp3) is 0.455. The van der Waals surface area contributed by atoms with Crippen LogP contribution in [0.15, 0.2) is 11.2 Å². The molecular formula is C11H15N3O2S. The van der Waals surface area contributed by atoms with Crippen LogP contribution in [0.1, 0.15) is 24.3 Å². The minimum atomic E-state index is -0.338. The molecule has 17 heavy (non-hydrogen) atoms. The van der Waals surface area contributed by atoms with Crippen LogP contribution < -0.4 is 0 Å². The van der Waals surface area contributed by atoms with Crippen LogP contribution in [0.3, 0.4) is 0 Å². The average molecular weight is 253 g/mol. The minimum absolute atomic E-state index is 0.338. The third kappa shape index (κ3) is 2.17. The highest BCUT2D eigenvalue weighted by Gasteiger charge is 2.15. The van der Waals surface area contributed by atoms with E-state index in [1.165, 1.54) is 0 Å². The van der Waals surface area contributed by atoms with E-state index in [1.807, 2.05) is 11.6 Å². The Bertz CT molecular complexity index is 544. The van der Waals surface area contributed by atoms with Crippen molar-refractivity contribution in [2.24, 2.45) is 7.05 Å². The van der Waals surface area contributed by atoms with Crippen LogP contribution in [0.25, 0.3) is 11.2 Å². The van der Waals surface area contributed by atoms with E-state index in [9.17, 15) is 4.79 Å². The summed E-state index contributed by atoms with van der Waals surface area (Å²) in [6.07, 6.45) is 0. The van der Waals surface area contributed by atoms with E-state index in [2.05, 4.69) is 16.9 Å². The summed E-state index contributed by atoms with van der Waals surface area (Å²) in [7, 11) is 1.94. The van der Waals surface area contributed by atoms with Crippen molar-refractivity contribution in [3.8, 4) is 0 Å². The monoisotopic (exact) mass is 253 g/mol. The highest BCUT2D eigenvalue weighted by atomic mass is 32.2. The van der Waals surface area contributed by atoms with Gasteiger partial charge in [0.15, 0.2) is 10.8 Å². The van der Waals surface area contributed by atoms with Gasteiger partial charge in [-0.2, -0.15) is 0 Å². The van der Waals surface area contributed by atoms with E-state index in [4.69, 9.17) is 4.74 Å². The molecule has 0 aliphatic heterocycles. The second-order valence-corrected chi connectivity index (χ2v) is 4.75. The van der Waals surface area contributed by atoms with Gasteiger partial charge in [0.25, 0.3) is 0 Å². The molecule has 0 unspecified atom stereocenters. The van der Waals surface area contributed by atoms with E-state index in [1.54, 1.807) is 24.8 Å². The Kier molecular flexibility index (Phi) is 3.42. The van der Waals surface area contributed by atoms with Crippen molar-refractivity contribution in [3.05, 3.63) is 11.8 Å². The standard InChI is InChI=1S/C11H15N3O2S/c1-4-16-10(15)7-6-8-9(12-7)13-11(14(8)3)17-5-2/h6,12H,4-5H2,1-3H3. The number of thioether (sulfide) groups is 1. The summed E-state index contributed by atoms with van der Waals surface area (Å²) >= 11 is 1.67. The number of imidazole rings is 1. The molecule has 6 heteroatoms. The lowest BCUT2D eigenvalue weighted by Crippen LogP contribution is -2.04. The number of esters is 1. The maximum atomic E-state index is 11.5. The number of hydrogen-bond donors (Lipinski definition) is 1. The highest BCUT2D eigenvalue weighted by molar-refractivity contribution is 7.99. The fourth-order valence-electron chi connectivity index (χ4n) is 1.62. The Labute approximate surface area is 104 Å². The maximum Gasteiger partial charge on any atom is 0.354 e. The molecule has 2 aromatic rings. The molecule has 1 N–H and O–H groups in total. The van der Waals surface area contributed by atoms with Crippen LogP contribution in [0.5, 0.6) is 0 Å². The van der Waals surface area contributed by atoms with E-state index < -0.39 is 0 Å². The van der Waals surface area contributed by atoms with Gasteiger partial charge in [0.1, 0.15) is 5.69 Å². The molecule has 0 bridgehead atoms. The Morgan fingerprint density at radius 3 is 2.94 bits per heavy atom. The molecular weight excluding hydrogens is 238 g/mol. The number of aryl methyl sites for hydroxylation is 1. The van der Waals surface area contributed by atoms with Crippen molar-refractivity contribution < 1.29 is 9.53 Å². The van der Waals surface area contributed by atoms with Crippen LogP contribution in [0.4, 0.5) is 0 Å². The summed E-state index contributed by atoms with van der Waals surface area (Å²) in [5.41, 5.74) is 2.10. The lowest BCUT2D eigenvalue weighted by Gasteiger charge is -1.99. The van der Waals surface area contributed by atoms with Gasteiger partial charge in [0.05, 0.1) is 12.1 Å². The molecule has 0 saturated carbocycles. The first-order valence-electron chi connectivity index (χ1n) is 5.52. The van der Waals surface area contributed by atoms with Crippen LogP contribution >= 0.6 is 11.8 Å². The quantitative estimate of drug-likeness (QED) is 0.670. The van der Waals surface area contributed by atoms with Gasteiger partial charge in [-0.25, -0.2) is 9.78 Å². The topological polar surface area (TPSA) is 59.9 Å². The molecule has 0 spiro atoms. The lowest BCUT2D eigenvalue weighted by atomic mass is 10.4. The van der Waals surface area contributed by atoms with Crippen LogP contribution in [0, 0.1) is 0 Å². The van der Waals surface area contributed by atoms with Crippen molar-refractivity contribution in [1.82, 2.24) is 14.5 Å². The summed E-state index contributed by atoms with van der Waals surface area (Å²) in [5.74, 6) is 0.633. The fourth-order valence-corrected chi connectivity index (χ4v) is 2.33. The van der Waals surface area contributed by atoms with Crippen molar-refractivity contribution in [1.29, 1.82) is 0 Å². The molecule has 0 fully saturated rings. The Morgan fingerprint density at radius 1 is 1.59 bits per heavy atom. The Morgan fingerprint density at radius 2 is 2.35 bits per heavy atom. The first-order valence-corrected chi connectivity index (χ1v) is 6.51. The zero-order valence-electron chi connectivity index (χ0n) is 10.1. The second-order valence-electron chi connectivity index (χ2n) is 3.52. The molecule has 0 aliphatic rings. The summed E-state index contributed by atoms with van der Waals surface area (Å²) in [6.45, 7) is 4.24. The number of aromatic amines is 1. The number of carbonyl (C=O) groups excluding carboxylic acids is 1. The smallest absolute Gasteiger partial charge is 0.354 e. The number of carbonyl (C=O) groups is 1.